The molecule has 0 amide bonds. The van der Waals surface area contributed by atoms with E-state index in [0.29, 0.717) is 11.8 Å². The van der Waals surface area contributed by atoms with E-state index in [4.69, 9.17) is 4.74 Å². The van der Waals surface area contributed by atoms with Crippen LogP contribution in [-0.4, -0.2) is 30.5 Å². The van der Waals surface area contributed by atoms with Gasteiger partial charge in [-0.05, 0) is 24.6 Å². The van der Waals surface area contributed by atoms with Crippen LogP contribution in [0.2, 0.25) is 0 Å². The standard InChI is InChI=1S/C12H13NO5.Li/c1-3-18-12(16)11(15)5-10(14)8-4-9(17-2)7-13-6-8;/h4-7,14H,3H2,1-2H3;/q;+1/p-1. The fourth-order valence-electron chi connectivity index (χ4n) is 1.13. The van der Waals surface area contributed by atoms with E-state index in [9.17, 15) is 14.7 Å². The SMILES string of the molecule is CCOC(=O)C(=O)C=C([O-])c1cncc(OC)c1.[Li+]. The van der Waals surface area contributed by atoms with Crippen LogP contribution >= 0.6 is 0 Å². The molecule has 0 aliphatic carbocycles. The first-order valence-electron chi connectivity index (χ1n) is 5.17. The molecule has 0 spiro atoms. The number of nitrogens with zero attached hydrogens (tertiary/aromatic N) is 1. The number of hydrogen-bond acceptors (Lipinski definition) is 6. The van der Waals surface area contributed by atoms with Gasteiger partial charge < -0.3 is 14.6 Å². The first-order chi connectivity index (χ1) is 8.58. The molecule has 19 heavy (non-hydrogen) atoms. The second kappa shape index (κ2) is 8.35. The van der Waals surface area contributed by atoms with Crippen molar-refractivity contribution in [3.63, 3.8) is 0 Å². The summed E-state index contributed by atoms with van der Waals surface area (Å²) in [5, 5.41) is 11.7. The van der Waals surface area contributed by atoms with E-state index >= 15 is 0 Å². The van der Waals surface area contributed by atoms with Crippen molar-refractivity contribution in [2.75, 3.05) is 13.7 Å². The number of rotatable bonds is 5. The van der Waals surface area contributed by atoms with Gasteiger partial charge in [0, 0.05) is 6.20 Å². The third-order valence-electron chi connectivity index (χ3n) is 1.97. The molecule has 7 heteroatoms. The third-order valence-corrected chi connectivity index (χ3v) is 1.97. The van der Waals surface area contributed by atoms with Gasteiger partial charge in [-0.25, -0.2) is 4.79 Å². The summed E-state index contributed by atoms with van der Waals surface area (Å²) in [6, 6.07) is 1.42. The van der Waals surface area contributed by atoms with Crippen molar-refractivity contribution >= 4 is 17.5 Å². The minimum atomic E-state index is -1.05. The molecule has 0 fully saturated rings. The van der Waals surface area contributed by atoms with Crippen LogP contribution in [0.4, 0.5) is 0 Å². The van der Waals surface area contributed by atoms with E-state index in [-0.39, 0.29) is 31.0 Å². The summed E-state index contributed by atoms with van der Waals surface area (Å²) in [6.45, 7) is 1.65. The summed E-state index contributed by atoms with van der Waals surface area (Å²) in [5.74, 6) is -2.29. The maximum Gasteiger partial charge on any atom is 1.00 e. The molecule has 0 aromatic carbocycles. The van der Waals surface area contributed by atoms with Gasteiger partial charge in [0.2, 0.25) is 0 Å². The van der Waals surface area contributed by atoms with Crippen molar-refractivity contribution in [2.45, 2.75) is 6.92 Å². The molecule has 0 aliphatic rings. The Balaban J connectivity index is 0.00000324. The predicted molar refractivity (Wildman–Crippen MR) is 60.4 cm³/mol. The van der Waals surface area contributed by atoms with Gasteiger partial charge in [0.1, 0.15) is 5.75 Å². The van der Waals surface area contributed by atoms with Crippen LogP contribution in [-0.2, 0) is 14.3 Å². The van der Waals surface area contributed by atoms with Gasteiger partial charge in [0.15, 0.2) is 0 Å². The Hall–Kier alpha value is -1.77. The minimum absolute atomic E-state index is 0. The Morgan fingerprint density at radius 2 is 2.11 bits per heavy atom. The fraction of sp³-hybridized carbons (Fsp3) is 0.250. The zero-order valence-electron chi connectivity index (χ0n) is 11.0. The predicted octanol–water partition coefficient (Wildman–Crippen LogP) is -3.07. The van der Waals surface area contributed by atoms with Gasteiger partial charge >= 0.3 is 24.8 Å². The fourth-order valence-corrected chi connectivity index (χ4v) is 1.13. The number of carbonyl (C=O) groups is 2. The van der Waals surface area contributed by atoms with E-state index in [1.807, 2.05) is 0 Å². The smallest absolute Gasteiger partial charge is 0.872 e. The zero-order chi connectivity index (χ0) is 13.5. The first-order valence-corrected chi connectivity index (χ1v) is 5.17. The van der Waals surface area contributed by atoms with Crippen molar-refractivity contribution in [1.29, 1.82) is 0 Å². The van der Waals surface area contributed by atoms with E-state index in [0.717, 1.165) is 0 Å². The summed E-state index contributed by atoms with van der Waals surface area (Å²) >= 11 is 0. The maximum absolute atomic E-state index is 11.7. The van der Waals surface area contributed by atoms with Crippen molar-refractivity contribution in [3.05, 3.63) is 30.1 Å². The van der Waals surface area contributed by atoms with Crippen LogP contribution in [0.3, 0.4) is 0 Å². The molecular formula is C12H12LiNO5. The van der Waals surface area contributed by atoms with Crippen molar-refractivity contribution < 1.29 is 43.0 Å². The Kier molecular flexibility index (Phi) is 7.57. The van der Waals surface area contributed by atoms with Crippen LogP contribution < -0.4 is 28.7 Å². The molecule has 0 bridgehead atoms. The molecule has 96 valence electrons. The number of carbonyl (C=O) groups excluding carboxylic acids is 2. The summed E-state index contributed by atoms with van der Waals surface area (Å²) in [6.07, 6.45) is 3.37. The van der Waals surface area contributed by atoms with E-state index in [1.165, 1.54) is 25.6 Å². The molecule has 1 rings (SSSR count). The third kappa shape index (κ3) is 5.16. The minimum Gasteiger partial charge on any atom is -0.872 e. The second-order valence-corrected chi connectivity index (χ2v) is 3.21. The zero-order valence-corrected chi connectivity index (χ0v) is 11.0. The number of methoxy groups -OCH3 is 1. The molecule has 1 aromatic rings. The largest absolute Gasteiger partial charge is 1.00 e. The topological polar surface area (TPSA) is 88.6 Å². The van der Waals surface area contributed by atoms with Crippen molar-refractivity contribution in [1.82, 2.24) is 4.98 Å². The van der Waals surface area contributed by atoms with Gasteiger partial charge in [0.05, 0.1) is 19.9 Å². The van der Waals surface area contributed by atoms with Crippen molar-refractivity contribution in [2.24, 2.45) is 0 Å². The number of ketones is 1. The molecule has 0 saturated heterocycles. The van der Waals surface area contributed by atoms with Crippen LogP contribution in [0.25, 0.3) is 5.76 Å². The van der Waals surface area contributed by atoms with E-state index in [1.54, 1.807) is 6.92 Å². The molecule has 0 aliphatic heterocycles. The summed E-state index contributed by atoms with van der Waals surface area (Å²) in [4.78, 5) is 26.1. The first kappa shape index (κ1) is 17.2. The number of ether oxygens (including phenoxy) is 2. The Morgan fingerprint density at radius 3 is 2.68 bits per heavy atom. The summed E-state index contributed by atoms with van der Waals surface area (Å²) < 4.78 is 9.36. The number of aromatic nitrogens is 1. The summed E-state index contributed by atoms with van der Waals surface area (Å²) in [7, 11) is 1.43. The molecule has 0 N–H and O–H groups in total. The summed E-state index contributed by atoms with van der Waals surface area (Å²) in [5.41, 5.74) is 0.159. The van der Waals surface area contributed by atoms with E-state index in [2.05, 4.69) is 9.72 Å². The van der Waals surface area contributed by atoms with Crippen molar-refractivity contribution in [3.8, 4) is 5.75 Å². The maximum atomic E-state index is 11.7. The molecule has 0 saturated carbocycles. The van der Waals surface area contributed by atoms with Gasteiger partial charge in [-0.3, -0.25) is 9.78 Å². The quantitative estimate of drug-likeness (QED) is 0.183. The Bertz CT molecular complexity index is 487. The van der Waals surface area contributed by atoms with Crippen LogP contribution in [0.15, 0.2) is 24.5 Å². The molecule has 0 atom stereocenters. The average molecular weight is 257 g/mol. The molecule has 1 heterocycles. The Labute approximate surface area is 122 Å². The molecule has 0 radical (unpaired) electrons. The monoisotopic (exact) mass is 257 g/mol. The van der Waals surface area contributed by atoms with Crippen LogP contribution in [0.5, 0.6) is 5.75 Å². The molecule has 0 unspecified atom stereocenters. The average Bonchev–Trinajstić information content (AvgIpc) is 2.39. The van der Waals surface area contributed by atoms with Crippen LogP contribution in [0.1, 0.15) is 12.5 Å². The Morgan fingerprint density at radius 1 is 1.42 bits per heavy atom. The second-order valence-electron chi connectivity index (χ2n) is 3.21. The van der Waals surface area contributed by atoms with Gasteiger partial charge in [-0.2, -0.15) is 0 Å². The normalized spacial score (nSPS) is 10.3. The van der Waals surface area contributed by atoms with E-state index < -0.39 is 17.5 Å². The number of esters is 1. The molecule has 6 nitrogen and oxygen atoms in total. The van der Waals surface area contributed by atoms with Gasteiger partial charge in [-0.1, -0.05) is 5.76 Å². The molecule has 1 aromatic heterocycles. The number of hydrogen-bond donors (Lipinski definition) is 0. The van der Waals surface area contributed by atoms with Crippen LogP contribution in [0, 0.1) is 0 Å². The van der Waals surface area contributed by atoms with Gasteiger partial charge in [0.25, 0.3) is 5.78 Å². The molecular weight excluding hydrogens is 245 g/mol. The number of pyridine rings is 1. The van der Waals surface area contributed by atoms with Gasteiger partial charge in [-0.15, -0.1) is 0 Å².